The standard InChI is InChI=1S/C20H29N5OS/c1-4-21-20(23-13-19-22-12-15(2)27-19)24-16-8-7-11-25(14-16)17-9-5-6-10-18(17)26-3/h5-6,9-10,12,16H,4,7-8,11,13-14H2,1-3H3,(H2,21,23,24). The van der Waals surface area contributed by atoms with Crippen LogP contribution in [0.4, 0.5) is 5.69 Å². The third kappa shape index (κ3) is 5.35. The van der Waals surface area contributed by atoms with Gasteiger partial charge in [-0.05, 0) is 38.8 Å². The molecule has 1 unspecified atom stereocenters. The average Bonchev–Trinajstić information content (AvgIpc) is 3.12. The van der Waals surface area contributed by atoms with Gasteiger partial charge in [0.25, 0.3) is 0 Å². The summed E-state index contributed by atoms with van der Waals surface area (Å²) in [5.41, 5.74) is 1.16. The number of guanidine groups is 1. The Kier molecular flexibility index (Phi) is 6.92. The van der Waals surface area contributed by atoms with Gasteiger partial charge in [0.1, 0.15) is 10.8 Å². The number of hydrogen-bond donors (Lipinski definition) is 2. The molecule has 1 atom stereocenters. The lowest BCUT2D eigenvalue weighted by Gasteiger charge is -2.36. The molecule has 1 saturated heterocycles. The number of aryl methyl sites for hydroxylation is 1. The molecule has 7 heteroatoms. The lowest BCUT2D eigenvalue weighted by Crippen LogP contribution is -2.51. The van der Waals surface area contributed by atoms with Crippen LogP contribution < -0.4 is 20.3 Å². The van der Waals surface area contributed by atoms with Gasteiger partial charge in [0.15, 0.2) is 5.96 Å². The van der Waals surface area contributed by atoms with Gasteiger partial charge in [-0.2, -0.15) is 0 Å². The molecular weight excluding hydrogens is 358 g/mol. The van der Waals surface area contributed by atoms with Crippen LogP contribution in [0.1, 0.15) is 29.7 Å². The number of thiazole rings is 1. The molecule has 146 valence electrons. The van der Waals surface area contributed by atoms with E-state index in [2.05, 4.69) is 46.5 Å². The molecule has 2 N–H and O–H groups in total. The van der Waals surface area contributed by atoms with Crippen molar-refractivity contribution in [2.45, 2.75) is 39.3 Å². The highest BCUT2D eigenvalue weighted by molar-refractivity contribution is 7.11. The summed E-state index contributed by atoms with van der Waals surface area (Å²) in [5, 5.41) is 8.01. The highest BCUT2D eigenvalue weighted by Gasteiger charge is 2.22. The van der Waals surface area contributed by atoms with Crippen molar-refractivity contribution in [2.75, 3.05) is 31.6 Å². The summed E-state index contributed by atoms with van der Waals surface area (Å²) < 4.78 is 5.54. The van der Waals surface area contributed by atoms with E-state index in [1.54, 1.807) is 18.4 Å². The van der Waals surface area contributed by atoms with Crippen LogP contribution in [0.15, 0.2) is 35.5 Å². The maximum absolute atomic E-state index is 5.54. The number of rotatable bonds is 6. The van der Waals surface area contributed by atoms with Crippen LogP contribution >= 0.6 is 11.3 Å². The number of ether oxygens (including phenoxy) is 1. The fraction of sp³-hybridized carbons (Fsp3) is 0.500. The first kappa shape index (κ1) is 19.5. The number of hydrogen-bond acceptors (Lipinski definition) is 5. The van der Waals surface area contributed by atoms with Gasteiger partial charge in [0.05, 0.1) is 19.3 Å². The molecule has 2 aromatic rings. The Bertz CT molecular complexity index is 760. The molecule has 3 rings (SSSR count). The Morgan fingerprint density at radius 1 is 1.41 bits per heavy atom. The van der Waals surface area contributed by atoms with Crippen LogP contribution in [0.2, 0.25) is 0 Å². The molecule has 0 bridgehead atoms. The minimum absolute atomic E-state index is 0.347. The van der Waals surface area contributed by atoms with Crippen molar-refractivity contribution >= 4 is 23.0 Å². The van der Waals surface area contributed by atoms with Crippen LogP contribution in [0.3, 0.4) is 0 Å². The molecule has 0 saturated carbocycles. The number of benzene rings is 1. The van der Waals surface area contributed by atoms with Crippen LogP contribution in [0.5, 0.6) is 5.75 Å². The van der Waals surface area contributed by atoms with E-state index >= 15 is 0 Å². The fourth-order valence-corrected chi connectivity index (χ4v) is 4.05. The Balaban J connectivity index is 1.65. The predicted octanol–water partition coefficient (Wildman–Crippen LogP) is 3.18. The Morgan fingerprint density at radius 3 is 3.00 bits per heavy atom. The molecule has 0 radical (unpaired) electrons. The summed E-state index contributed by atoms with van der Waals surface area (Å²) in [5.74, 6) is 1.79. The Morgan fingerprint density at radius 2 is 2.26 bits per heavy atom. The van der Waals surface area contributed by atoms with Gasteiger partial charge in [-0.3, -0.25) is 0 Å². The third-order valence-corrected chi connectivity index (χ3v) is 5.47. The second-order valence-corrected chi connectivity index (χ2v) is 7.98. The van der Waals surface area contributed by atoms with E-state index in [0.29, 0.717) is 12.6 Å². The van der Waals surface area contributed by atoms with Crippen molar-refractivity contribution in [3.8, 4) is 5.75 Å². The Hall–Kier alpha value is -2.28. The van der Waals surface area contributed by atoms with Crippen molar-refractivity contribution in [2.24, 2.45) is 4.99 Å². The number of nitrogens with one attached hydrogen (secondary N) is 2. The molecule has 0 amide bonds. The number of anilines is 1. The maximum atomic E-state index is 5.54. The zero-order valence-corrected chi connectivity index (χ0v) is 17.2. The third-order valence-electron chi connectivity index (χ3n) is 4.57. The number of methoxy groups -OCH3 is 1. The minimum atomic E-state index is 0.347. The molecule has 1 aliphatic heterocycles. The lowest BCUT2D eigenvalue weighted by atomic mass is 10.0. The first-order valence-electron chi connectivity index (χ1n) is 9.53. The van der Waals surface area contributed by atoms with Gasteiger partial charge in [0.2, 0.25) is 0 Å². The first-order valence-corrected chi connectivity index (χ1v) is 10.4. The van der Waals surface area contributed by atoms with Gasteiger partial charge < -0.3 is 20.3 Å². The minimum Gasteiger partial charge on any atom is -0.495 e. The van der Waals surface area contributed by atoms with Crippen LogP contribution in [-0.2, 0) is 6.54 Å². The second kappa shape index (κ2) is 9.60. The number of aromatic nitrogens is 1. The summed E-state index contributed by atoms with van der Waals surface area (Å²) in [7, 11) is 1.73. The zero-order chi connectivity index (χ0) is 19.1. The summed E-state index contributed by atoms with van der Waals surface area (Å²) >= 11 is 1.70. The molecular formula is C20H29N5OS. The lowest BCUT2D eigenvalue weighted by molar-refractivity contribution is 0.408. The molecule has 27 heavy (non-hydrogen) atoms. The number of nitrogens with zero attached hydrogens (tertiary/aromatic N) is 3. The van der Waals surface area contributed by atoms with E-state index in [-0.39, 0.29) is 0 Å². The highest BCUT2D eigenvalue weighted by Crippen LogP contribution is 2.29. The van der Waals surface area contributed by atoms with Gasteiger partial charge in [-0.15, -0.1) is 11.3 Å². The monoisotopic (exact) mass is 387 g/mol. The highest BCUT2D eigenvalue weighted by atomic mass is 32.1. The van der Waals surface area contributed by atoms with Crippen molar-refractivity contribution in [1.82, 2.24) is 15.6 Å². The van der Waals surface area contributed by atoms with Crippen molar-refractivity contribution in [3.05, 3.63) is 40.3 Å². The smallest absolute Gasteiger partial charge is 0.191 e. The van der Waals surface area contributed by atoms with Gasteiger partial charge in [0, 0.05) is 36.8 Å². The summed E-state index contributed by atoms with van der Waals surface area (Å²) in [6, 6.07) is 8.58. The van der Waals surface area contributed by atoms with Crippen LogP contribution in [-0.4, -0.2) is 43.7 Å². The molecule has 0 spiro atoms. The predicted molar refractivity (Wildman–Crippen MR) is 113 cm³/mol. The quantitative estimate of drug-likeness (QED) is 0.589. The van der Waals surface area contributed by atoms with E-state index in [1.807, 2.05) is 18.3 Å². The van der Waals surface area contributed by atoms with E-state index in [4.69, 9.17) is 9.73 Å². The van der Waals surface area contributed by atoms with E-state index in [1.165, 1.54) is 4.88 Å². The van der Waals surface area contributed by atoms with Crippen molar-refractivity contribution < 1.29 is 4.74 Å². The Labute approximate surface area is 165 Å². The van der Waals surface area contributed by atoms with E-state index < -0.39 is 0 Å². The molecule has 0 aliphatic carbocycles. The molecule has 1 aromatic heterocycles. The molecule has 1 aliphatic rings. The van der Waals surface area contributed by atoms with Gasteiger partial charge in [-0.1, -0.05) is 12.1 Å². The topological polar surface area (TPSA) is 61.8 Å². The SMILES string of the molecule is CCNC(=NCc1ncc(C)s1)NC1CCCN(c2ccccc2OC)C1. The van der Waals surface area contributed by atoms with Crippen molar-refractivity contribution in [1.29, 1.82) is 0 Å². The van der Waals surface area contributed by atoms with Crippen LogP contribution in [0.25, 0.3) is 0 Å². The first-order chi connectivity index (χ1) is 13.2. The largest absolute Gasteiger partial charge is 0.495 e. The van der Waals surface area contributed by atoms with E-state index in [9.17, 15) is 0 Å². The number of piperidine rings is 1. The van der Waals surface area contributed by atoms with Gasteiger partial charge in [-0.25, -0.2) is 9.98 Å². The van der Waals surface area contributed by atoms with Crippen molar-refractivity contribution in [3.63, 3.8) is 0 Å². The summed E-state index contributed by atoms with van der Waals surface area (Å²) in [6.07, 6.45) is 4.18. The molecule has 2 heterocycles. The number of aliphatic imine (C=N–C) groups is 1. The second-order valence-electron chi connectivity index (χ2n) is 6.66. The molecule has 1 fully saturated rings. The summed E-state index contributed by atoms with van der Waals surface area (Å²) in [6.45, 7) is 7.59. The number of para-hydroxylation sites is 2. The summed E-state index contributed by atoms with van der Waals surface area (Å²) in [4.78, 5) is 12.7. The molecule has 1 aromatic carbocycles. The normalized spacial score (nSPS) is 17.7. The molecule has 6 nitrogen and oxygen atoms in total. The van der Waals surface area contributed by atoms with Crippen LogP contribution in [0, 0.1) is 6.92 Å². The average molecular weight is 388 g/mol. The zero-order valence-electron chi connectivity index (χ0n) is 16.4. The maximum Gasteiger partial charge on any atom is 0.191 e. The fourth-order valence-electron chi connectivity index (χ4n) is 3.34. The van der Waals surface area contributed by atoms with Gasteiger partial charge >= 0.3 is 0 Å². The van der Waals surface area contributed by atoms with E-state index in [0.717, 1.165) is 54.9 Å².